The van der Waals surface area contributed by atoms with Crippen molar-refractivity contribution in [1.82, 2.24) is 5.32 Å². The van der Waals surface area contributed by atoms with Gasteiger partial charge in [-0.1, -0.05) is 12.1 Å². The van der Waals surface area contributed by atoms with Crippen molar-refractivity contribution in [1.29, 1.82) is 0 Å². The van der Waals surface area contributed by atoms with Crippen molar-refractivity contribution < 1.29 is 13.2 Å². The van der Waals surface area contributed by atoms with E-state index in [0.29, 0.717) is 0 Å². The van der Waals surface area contributed by atoms with Crippen LogP contribution in [0.3, 0.4) is 0 Å². The summed E-state index contributed by atoms with van der Waals surface area (Å²) in [6, 6.07) is 5.66. The van der Waals surface area contributed by atoms with E-state index in [9.17, 15) is 13.2 Å². The van der Waals surface area contributed by atoms with Gasteiger partial charge in [0.25, 0.3) is 0 Å². The first kappa shape index (κ1) is 10.5. The van der Waals surface area contributed by atoms with Crippen LogP contribution in [-0.4, -0.2) is 6.54 Å². The lowest BCUT2D eigenvalue weighted by atomic mass is 10.0. The Hall–Kier alpha value is -1.03. The molecule has 1 heterocycles. The lowest BCUT2D eigenvalue weighted by molar-refractivity contribution is -0.137. The van der Waals surface area contributed by atoms with Crippen molar-refractivity contribution in [2.45, 2.75) is 25.1 Å². The summed E-state index contributed by atoms with van der Waals surface area (Å²) in [5.74, 6) is 0. The highest BCUT2D eigenvalue weighted by Crippen LogP contribution is 2.32. The van der Waals surface area contributed by atoms with Crippen molar-refractivity contribution in [3.8, 4) is 0 Å². The monoisotopic (exact) mass is 215 g/mol. The molecule has 15 heavy (non-hydrogen) atoms. The quantitative estimate of drug-likeness (QED) is 0.758. The Morgan fingerprint density at radius 3 is 2.67 bits per heavy atom. The predicted molar refractivity (Wildman–Crippen MR) is 51.4 cm³/mol. The van der Waals surface area contributed by atoms with Crippen molar-refractivity contribution in [2.75, 3.05) is 6.54 Å². The molecule has 82 valence electrons. The van der Waals surface area contributed by atoms with Gasteiger partial charge in [0.15, 0.2) is 0 Å². The SMILES string of the molecule is FC(F)(F)c1cccc(C2CCCN2)c1. The first-order valence-electron chi connectivity index (χ1n) is 4.98. The first-order chi connectivity index (χ1) is 7.07. The summed E-state index contributed by atoms with van der Waals surface area (Å²) in [4.78, 5) is 0. The molecule has 0 aliphatic carbocycles. The van der Waals surface area contributed by atoms with E-state index in [-0.39, 0.29) is 6.04 Å². The Labute approximate surface area is 86.3 Å². The molecular weight excluding hydrogens is 203 g/mol. The van der Waals surface area contributed by atoms with E-state index in [0.717, 1.165) is 31.0 Å². The van der Waals surface area contributed by atoms with Gasteiger partial charge in [-0.3, -0.25) is 0 Å². The van der Waals surface area contributed by atoms with Crippen LogP contribution in [-0.2, 0) is 6.18 Å². The molecule has 0 aromatic heterocycles. The third kappa shape index (κ3) is 2.31. The van der Waals surface area contributed by atoms with Crippen LogP contribution in [0.5, 0.6) is 0 Å². The number of hydrogen-bond acceptors (Lipinski definition) is 1. The molecule has 0 saturated carbocycles. The Balaban J connectivity index is 2.26. The second-order valence-corrected chi connectivity index (χ2v) is 3.77. The summed E-state index contributed by atoms with van der Waals surface area (Å²) in [5, 5.41) is 3.18. The molecule has 2 rings (SSSR count). The number of hydrogen-bond donors (Lipinski definition) is 1. The highest BCUT2D eigenvalue weighted by Gasteiger charge is 2.31. The molecule has 1 N–H and O–H groups in total. The average molecular weight is 215 g/mol. The minimum atomic E-state index is -4.24. The van der Waals surface area contributed by atoms with Crippen molar-refractivity contribution >= 4 is 0 Å². The van der Waals surface area contributed by atoms with Crippen LogP contribution in [0.15, 0.2) is 24.3 Å². The van der Waals surface area contributed by atoms with Gasteiger partial charge < -0.3 is 5.32 Å². The molecule has 1 atom stereocenters. The van der Waals surface area contributed by atoms with Crippen LogP contribution < -0.4 is 5.32 Å². The van der Waals surface area contributed by atoms with E-state index in [2.05, 4.69) is 5.32 Å². The topological polar surface area (TPSA) is 12.0 Å². The van der Waals surface area contributed by atoms with Crippen LogP contribution >= 0.6 is 0 Å². The predicted octanol–water partition coefficient (Wildman–Crippen LogP) is 3.13. The second-order valence-electron chi connectivity index (χ2n) is 3.77. The standard InChI is InChI=1S/C11H12F3N/c12-11(13,14)9-4-1-3-8(7-9)10-5-2-6-15-10/h1,3-4,7,10,15H,2,5-6H2. The lowest BCUT2D eigenvalue weighted by Gasteiger charge is -2.13. The maximum atomic E-state index is 12.4. The lowest BCUT2D eigenvalue weighted by Crippen LogP contribution is -2.14. The van der Waals surface area contributed by atoms with E-state index in [1.807, 2.05) is 0 Å². The third-order valence-electron chi connectivity index (χ3n) is 2.68. The summed E-state index contributed by atoms with van der Waals surface area (Å²) in [5.41, 5.74) is 0.177. The number of benzene rings is 1. The Morgan fingerprint density at radius 1 is 1.27 bits per heavy atom. The summed E-state index contributed by atoms with van der Waals surface area (Å²) < 4.78 is 37.3. The van der Waals surface area contributed by atoms with Crippen molar-refractivity contribution in [3.05, 3.63) is 35.4 Å². The van der Waals surface area contributed by atoms with Crippen LogP contribution in [0.4, 0.5) is 13.2 Å². The average Bonchev–Trinajstić information content (AvgIpc) is 2.69. The van der Waals surface area contributed by atoms with E-state index in [1.54, 1.807) is 6.07 Å². The maximum Gasteiger partial charge on any atom is 0.416 e. The molecule has 1 aromatic rings. The number of rotatable bonds is 1. The molecule has 0 spiro atoms. The van der Waals surface area contributed by atoms with Crippen LogP contribution in [0.2, 0.25) is 0 Å². The third-order valence-corrected chi connectivity index (χ3v) is 2.68. The molecule has 1 aromatic carbocycles. The van der Waals surface area contributed by atoms with Gasteiger partial charge in [0.05, 0.1) is 5.56 Å². The molecule has 4 heteroatoms. The minimum absolute atomic E-state index is 0.0901. The van der Waals surface area contributed by atoms with Gasteiger partial charge in [-0.15, -0.1) is 0 Å². The van der Waals surface area contributed by atoms with E-state index >= 15 is 0 Å². The molecule has 1 saturated heterocycles. The highest BCUT2D eigenvalue weighted by atomic mass is 19.4. The Bertz CT molecular complexity index is 340. The fraction of sp³-hybridized carbons (Fsp3) is 0.455. The van der Waals surface area contributed by atoms with E-state index < -0.39 is 11.7 Å². The molecular formula is C11H12F3N. The van der Waals surface area contributed by atoms with Crippen LogP contribution in [0, 0.1) is 0 Å². The normalized spacial score (nSPS) is 21.9. The van der Waals surface area contributed by atoms with Crippen LogP contribution in [0.25, 0.3) is 0 Å². The van der Waals surface area contributed by atoms with Gasteiger partial charge in [0, 0.05) is 6.04 Å². The maximum absolute atomic E-state index is 12.4. The van der Waals surface area contributed by atoms with Crippen LogP contribution in [0.1, 0.15) is 30.0 Å². The summed E-state index contributed by atoms with van der Waals surface area (Å²) in [7, 11) is 0. The molecule has 0 radical (unpaired) electrons. The Kier molecular flexibility index (Phi) is 2.69. The van der Waals surface area contributed by atoms with Gasteiger partial charge in [-0.25, -0.2) is 0 Å². The summed E-state index contributed by atoms with van der Waals surface area (Å²) in [6.07, 6.45) is -2.29. The van der Waals surface area contributed by atoms with Crippen molar-refractivity contribution in [3.63, 3.8) is 0 Å². The van der Waals surface area contributed by atoms with Gasteiger partial charge >= 0.3 is 6.18 Å². The summed E-state index contributed by atoms with van der Waals surface area (Å²) >= 11 is 0. The van der Waals surface area contributed by atoms with Gasteiger partial charge in [0.2, 0.25) is 0 Å². The molecule has 1 unspecified atom stereocenters. The smallest absolute Gasteiger partial charge is 0.310 e. The number of alkyl halides is 3. The zero-order valence-corrected chi connectivity index (χ0v) is 8.14. The van der Waals surface area contributed by atoms with E-state index in [4.69, 9.17) is 0 Å². The number of nitrogens with one attached hydrogen (secondary N) is 1. The van der Waals surface area contributed by atoms with E-state index in [1.165, 1.54) is 12.1 Å². The van der Waals surface area contributed by atoms with Gasteiger partial charge in [0.1, 0.15) is 0 Å². The van der Waals surface area contributed by atoms with Gasteiger partial charge in [-0.05, 0) is 37.1 Å². The summed E-state index contributed by atoms with van der Waals surface area (Å²) in [6.45, 7) is 0.890. The zero-order chi connectivity index (χ0) is 10.9. The molecule has 1 fully saturated rings. The first-order valence-corrected chi connectivity index (χ1v) is 4.98. The van der Waals surface area contributed by atoms with Gasteiger partial charge in [-0.2, -0.15) is 13.2 Å². The largest absolute Gasteiger partial charge is 0.416 e. The van der Waals surface area contributed by atoms with Crippen molar-refractivity contribution in [2.24, 2.45) is 0 Å². The zero-order valence-electron chi connectivity index (χ0n) is 8.14. The molecule has 1 aliphatic rings. The fourth-order valence-electron chi connectivity index (χ4n) is 1.90. The molecule has 0 bridgehead atoms. The molecule has 1 aliphatic heterocycles. The number of halogens is 3. The Morgan fingerprint density at radius 2 is 2.07 bits per heavy atom. The molecule has 0 amide bonds. The minimum Gasteiger partial charge on any atom is -0.310 e. The second kappa shape index (κ2) is 3.85. The highest BCUT2D eigenvalue weighted by molar-refractivity contribution is 5.28. The fourth-order valence-corrected chi connectivity index (χ4v) is 1.90. The molecule has 1 nitrogen and oxygen atoms in total.